The van der Waals surface area contributed by atoms with Gasteiger partial charge in [0.1, 0.15) is 5.54 Å². The van der Waals surface area contributed by atoms with Crippen molar-refractivity contribution in [2.24, 2.45) is 5.73 Å². The Morgan fingerprint density at radius 3 is 2.52 bits per heavy atom. The Labute approximate surface area is 135 Å². The number of benzene rings is 1. The van der Waals surface area contributed by atoms with E-state index in [4.69, 9.17) is 5.73 Å². The van der Waals surface area contributed by atoms with Crippen LogP contribution in [-0.2, 0) is 10.3 Å². The summed E-state index contributed by atoms with van der Waals surface area (Å²) < 4.78 is 0.979. The third kappa shape index (κ3) is 4.53. The topological polar surface area (TPSA) is 58.4 Å². The lowest BCUT2D eigenvalue weighted by Crippen LogP contribution is -2.50. The summed E-state index contributed by atoms with van der Waals surface area (Å²) >= 11 is 3.39. The van der Waals surface area contributed by atoms with Gasteiger partial charge >= 0.3 is 0 Å². The number of nitrogens with one attached hydrogen (secondary N) is 1. The molecule has 0 radical (unpaired) electrons. The van der Waals surface area contributed by atoms with Crippen molar-refractivity contribution in [3.63, 3.8) is 0 Å². The monoisotopic (exact) mass is 353 g/mol. The number of piperidine rings is 1. The smallest absolute Gasteiger partial charge is 0.244 e. The van der Waals surface area contributed by atoms with E-state index in [1.165, 1.54) is 19.3 Å². The van der Waals surface area contributed by atoms with Gasteiger partial charge in [-0.3, -0.25) is 4.79 Å². The third-order valence-corrected chi connectivity index (χ3v) is 4.61. The number of carbonyl (C=O) groups excluding carboxylic acids is 1. The molecule has 0 aliphatic carbocycles. The fourth-order valence-electron chi connectivity index (χ4n) is 2.62. The summed E-state index contributed by atoms with van der Waals surface area (Å²) in [4.78, 5) is 14.7. The van der Waals surface area contributed by atoms with Crippen LogP contribution in [0.15, 0.2) is 28.7 Å². The van der Waals surface area contributed by atoms with E-state index in [-0.39, 0.29) is 5.91 Å². The fourth-order valence-corrected chi connectivity index (χ4v) is 2.89. The molecule has 3 N–H and O–H groups in total. The minimum Gasteiger partial charge on any atom is -0.353 e. The number of nitrogens with zero attached hydrogens (tertiary/aromatic N) is 1. The quantitative estimate of drug-likeness (QED) is 0.853. The standard InChI is InChI=1S/C16H24BrN3O/c1-16(18,13-5-7-14(17)8-6-13)15(21)19-9-12-20-10-3-2-4-11-20/h5-8H,2-4,9-12,18H2,1H3,(H,19,21). The molecule has 1 aromatic rings. The van der Waals surface area contributed by atoms with Crippen LogP contribution >= 0.6 is 15.9 Å². The molecule has 1 heterocycles. The summed E-state index contributed by atoms with van der Waals surface area (Å²) in [6.45, 7) is 5.60. The van der Waals surface area contributed by atoms with Crippen molar-refractivity contribution in [3.8, 4) is 0 Å². The van der Waals surface area contributed by atoms with E-state index in [0.717, 1.165) is 29.7 Å². The van der Waals surface area contributed by atoms with Gasteiger partial charge in [0.05, 0.1) is 0 Å². The predicted molar refractivity (Wildman–Crippen MR) is 89.0 cm³/mol. The maximum atomic E-state index is 12.3. The van der Waals surface area contributed by atoms with E-state index >= 15 is 0 Å². The lowest BCUT2D eigenvalue weighted by atomic mass is 9.92. The van der Waals surface area contributed by atoms with Crippen LogP contribution in [0.2, 0.25) is 0 Å². The highest BCUT2D eigenvalue weighted by Crippen LogP contribution is 2.20. The Morgan fingerprint density at radius 2 is 1.90 bits per heavy atom. The van der Waals surface area contributed by atoms with E-state index in [0.29, 0.717) is 6.54 Å². The molecule has 1 amide bonds. The van der Waals surface area contributed by atoms with Gasteiger partial charge in [0.2, 0.25) is 5.91 Å². The summed E-state index contributed by atoms with van der Waals surface area (Å²) in [6, 6.07) is 7.57. The Morgan fingerprint density at radius 1 is 1.29 bits per heavy atom. The summed E-state index contributed by atoms with van der Waals surface area (Å²) in [7, 11) is 0. The van der Waals surface area contributed by atoms with Gasteiger partial charge < -0.3 is 16.0 Å². The van der Waals surface area contributed by atoms with Crippen LogP contribution in [0.1, 0.15) is 31.7 Å². The second kappa shape index (κ2) is 7.38. The molecule has 0 aromatic heterocycles. The van der Waals surface area contributed by atoms with Crippen LogP contribution in [0.3, 0.4) is 0 Å². The normalized spacial score (nSPS) is 19.0. The number of nitrogens with two attached hydrogens (primary N) is 1. The molecule has 1 fully saturated rings. The summed E-state index contributed by atoms with van der Waals surface area (Å²) in [5.74, 6) is -0.123. The Hall–Kier alpha value is -0.910. The van der Waals surface area contributed by atoms with Crippen molar-refractivity contribution >= 4 is 21.8 Å². The molecular formula is C16H24BrN3O. The van der Waals surface area contributed by atoms with Crippen molar-refractivity contribution in [1.82, 2.24) is 10.2 Å². The minimum atomic E-state index is -0.997. The van der Waals surface area contributed by atoms with E-state index < -0.39 is 5.54 Å². The summed E-state index contributed by atoms with van der Waals surface area (Å²) in [5, 5.41) is 2.97. The zero-order valence-electron chi connectivity index (χ0n) is 12.6. The molecule has 1 unspecified atom stereocenters. The number of likely N-dealkylation sites (tertiary alicyclic amines) is 1. The molecule has 5 heteroatoms. The zero-order valence-corrected chi connectivity index (χ0v) is 14.2. The average Bonchev–Trinajstić information content (AvgIpc) is 2.48. The van der Waals surface area contributed by atoms with Gasteiger partial charge in [-0.15, -0.1) is 0 Å². The second-order valence-electron chi connectivity index (χ2n) is 5.87. The van der Waals surface area contributed by atoms with Crippen LogP contribution in [0.25, 0.3) is 0 Å². The van der Waals surface area contributed by atoms with Crippen molar-refractivity contribution in [1.29, 1.82) is 0 Å². The van der Waals surface area contributed by atoms with Crippen LogP contribution in [0, 0.1) is 0 Å². The second-order valence-corrected chi connectivity index (χ2v) is 6.78. The van der Waals surface area contributed by atoms with E-state index in [1.807, 2.05) is 24.3 Å². The van der Waals surface area contributed by atoms with E-state index in [2.05, 4.69) is 26.1 Å². The molecule has 0 bridgehead atoms. The molecule has 21 heavy (non-hydrogen) atoms. The molecule has 1 aromatic carbocycles. The van der Waals surface area contributed by atoms with Crippen LogP contribution < -0.4 is 11.1 Å². The summed E-state index contributed by atoms with van der Waals surface area (Å²) in [5.41, 5.74) is 6.03. The van der Waals surface area contributed by atoms with Crippen LogP contribution in [-0.4, -0.2) is 37.0 Å². The highest BCUT2D eigenvalue weighted by molar-refractivity contribution is 9.10. The van der Waals surface area contributed by atoms with Gasteiger partial charge in [0.25, 0.3) is 0 Å². The Balaban J connectivity index is 1.84. The zero-order chi connectivity index (χ0) is 15.3. The third-order valence-electron chi connectivity index (χ3n) is 4.08. The van der Waals surface area contributed by atoms with Gasteiger partial charge in [0, 0.05) is 17.6 Å². The maximum absolute atomic E-state index is 12.3. The number of hydrogen-bond donors (Lipinski definition) is 2. The SMILES string of the molecule is CC(N)(C(=O)NCCN1CCCCC1)c1ccc(Br)cc1. The van der Waals surface area contributed by atoms with E-state index in [1.54, 1.807) is 6.92 Å². The first kappa shape index (κ1) is 16.5. The minimum absolute atomic E-state index is 0.123. The Bertz CT molecular complexity index is 467. The first-order valence-electron chi connectivity index (χ1n) is 7.56. The molecule has 0 spiro atoms. The van der Waals surface area contributed by atoms with Crippen molar-refractivity contribution in [3.05, 3.63) is 34.3 Å². The number of halogens is 1. The molecule has 1 aliphatic rings. The molecule has 4 nitrogen and oxygen atoms in total. The first-order chi connectivity index (χ1) is 10.00. The lowest BCUT2D eigenvalue weighted by Gasteiger charge is -2.28. The molecule has 1 saturated heterocycles. The number of carbonyl (C=O) groups is 1. The largest absolute Gasteiger partial charge is 0.353 e. The Kier molecular flexibility index (Phi) is 5.79. The molecule has 1 aliphatic heterocycles. The van der Waals surface area contributed by atoms with Gasteiger partial charge in [-0.25, -0.2) is 0 Å². The van der Waals surface area contributed by atoms with Gasteiger partial charge in [-0.2, -0.15) is 0 Å². The van der Waals surface area contributed by atoms with Crippen LogP contribution in [0.4, 0.5) is 0 Å². The van der Waals surface area contributed by atoms with Gasteiger partial charge in [-0.05, 0) is 50.6 Å². The predicted octanol–water partition coefficient (Wildman–Crippen LogP) is 2.23. The fraction of sp³-hybridized carbons (Fsp3) is 0.562. The first-order valence-corrected chi connectivity index (χ1v) is 8.35. The highest BCUT2D eigenvalue weighted by atomic mass is 79.9. The van der Waals surface area contributed by atoms with Crippen molar-refractivity contribution in [2.75, 3.05) is 26.2 Å². The molecular weight excluding hydrogens is 330 g/mol. The molecule has 2 rings (SSSR count). The molecule has 0 saturated carbocycles. The number of amides is 1. The van der Waals surface area contributed by atoms with Crippen molar-refractivity contribution < 1.29 is 4.79 Å². The number of hydrogen-bond acceptors (Lipinski definition) is 3. The van der Waals surface area contributed by atoms with E-state index in [9.17, 15) is 4.79 Å². The maximum Gasteiger partial charge on any atom is 0.244 e. The lowest BCUT2D eigenvalue weighted by molar-refractivity contribution is -0.126. The molecule has 116 valence electrons. The number of rotatable bonds is 5. The summed E-state index contributed by atoms with van der Waals surface area (Å²) in [6.07, 6.45) is 3.86. The molecule has 1 atom stereocenters. The van der Waals surface area contributed by atoms with Gasteiger partial charge in [-0.1, -0.05) is 34.5 Å². The highest BCUT2D eigenvalue weighted by Gasteiger charge is 2.30. The van der Waals surface area contributed by atoms with Crippen LogP contribution in [0.5, 0.6) is 0 Å². The average molecular weight is 354 g/mol. The van der Waals surface area contributed by atoms with Gasteiger partial charge in [0.15, 0.2) is 0 Å². The van der Waals surface area contributed by atoms with Crippen molar-refractivity contribution in [2.45, 2.75) is 31.7 Å².